The summed E-state index contributed by atoms with van der Waals surface area (Å²) in [5.41, 5.74) is 6.85. The Morgan fingerprint density at radius 2 is 1.84 bits per heavy atom. The Bertz CT molecular complexity index is 1420. The minimum Gasteiger partial charge on any atom is -0.297 e. The number of aryl methyl sites for hydroxylation is 2. The highest BCUT2D eigenvalue weighted by Crippen LogP contribution is 2.41. The zero-order chi connectivity index (χ0) is 21.5. The third kappa shape index (κ3) is 3.78. The lowest BCUT2D eigenvalue weighted by Gasteiger charge is -2.04. The largest absolute Gasteiger partial charge is 0.297 e. The molecule has 0 bridgehead atoms. The highest BCUT2D eigenvalue weighted by molar-refractivity contribution is 8.00. The van der Waals surface area contributed by atoms with E-state index in [1.807, 2.05) is 54.6 Å². The van der Waals surface area contributed by atoms with Gasteiger partial charge in [-0.1, -0.05) is 60.1 Å². The van der Waals surface area contributed by atoms with Crippen LogP contribution in [0.4, 0.5) is 0 Å². The standard InChI is InChI=1S/C25H19ClN2OS2/c1-15-12-16(2)24-27-20-21(28(24)13-15)25(30-14-17-8-10-19(26)11-9-17)31-23(20)22(29)18-6-4-3-5-7-18/h3-13H,14H2,1-2H3. The van der Waals surface area contributed by atoms with Gasteiger partial charge >= 0.3 is 0 Å². The highest BCUT2D eigenvalue weighted by atomic mass is 35.5. The van der Waals surface area contributed by atoms with E-state index >= 15 is 0 Å². The van der Waals surface area contributed by atoms with Gasteiger partial charge in [-0.2, -0.15) is 0 Å². The number of ketones is 1. The smallest absolute Gasteiger partial charge is 0.205 e. The zero-order valence-corrected chi connectivity index (χ0v) is 19.4. The van der Waals surface area contributed by atoms with Crippen molar-refractivity contribution in [3.8, 4) is 0 Å². The molecule has 2 aromatic carbocycles. The molecule has 5 aromatic rings. The number of thiophene rings is 1. The second kappa shape index (κ2) is 8.15. The molecule has 3 aromatic heterocycles. The lowest BCUT2D eigenvalue weighted by molar-refractivity contribution is 0.104. The molecule has 0 aliphatic heterocycles. The van der Waals surface area contributed by atoms with Gasteiger partial charge in [-0.05, 0) is 42.7 Å². The van der Waals surface area contributed by atoms with Crippen LogP contribution in [0.3, 0.4) is 0 Å². The fourth-order valence-electron chi connectivity index (χ4n) is 3.73. The summed E-state index contributed by atoms with van der Waals surface area (Å²) in [5, 5.41) is 0.732. The van der Waals surface area contributed by atoms with Gasteiger partial charge in [0.25, 0.3) is 0 Å². The number of carbonyl (C=O) groups excluding carboxylic acids is 1. The minimum atomic E-state index is 0.0201. The van der Waals surface area contributed by atoms with Crippen LogP contribution in [0.5, 0.6) is 0 Å². The molecule has 0 aliphatic rings. The molecule has 0 saturated carbocycles. The first-order valence-electron chi connectivity index (χ1n) is 9.90. The monoisotopic (exact) mass is 462 g/mol. The number of benzene rings is 2. The third-order valence-electron chi connectivity index (χ3n) is 5.17. The molecule has 0 atom stereocenters. The molecule has 0 aliphatic carbocycles. The van der Waals surface area contributed by atoms with E-state index < -0.39 is 0 Å². The van der Waals surface area contributed by atoms with E-state index in [0.717, 1.165) is 37.2 Å². The number of hydrogen-bond donors (Lipinski definition) is 0. The average molecular weight is 463 g/mol. The van der Waals surface area contributed by atoms with Crippen LogP contribution in [0.25, 0.3) is 16.7 Å². The second-order valence-electron chi connectivity index (χ2n) is 7.53. The number of halogens is 1. The van der Waals surface area contributed by atoms with Crippen molar-refractivity contribution in [1.29, 1.82) is 0 Å². The molecule has 5 rings (SSSR count). The van der Waals surface area contributed by atoms with E-state index in [-0.39, 0.29) is 5.78 Å². The van der Waals surface area contributed by atoms with Gasteiger partial charge in [0.15, 0.2) is 0 Å². The van der Waals surface area contributed by atoms with Crippen molar-refractivity contribution in [2.45, 2.75) is 23.8 Å². The van der Waals surface area contributed by atoms with Crippen LogP contribution in [0, 0.1) is 13.8 Å². The van der Waals surface area contributed by atoms with E-state index in [9.17, 15) is 4.79 Å². The van der Waals surface area contributed by atoms with Crippen LogP contribution in [-0.2, 0) is 5.75 Å². The number of fused-ring (bicyclic) bond motifs is 3. The first-order chi connectivity index (χ1) is 15.0. The van der Waals surface area contributed by atoms with E-state index in [0.29, 0.717) is 10.4 Å². The van der Waals surface area contributed by atoms with Gasteiger partial charge in [-0.25, -0.2) is 4.98 Å². The molecule has 6 heteroatoms. The van der Waals surface area contributed by atoms with Crippen molar-refractivity contribution in [1.82, 2.24) is 9.38 Å². The van der Waals surface area contributed by atoms with Crippen LogP contribution in [-0.4, -0.2) is 15.2 Å². The van der Waals surface area contributed by atoms with Gasteiger partial charge in [0.2, 0.25) is 5.78 Å². The molecule has 0 saturated heterocycles. The molecule has 0 N–H and O–H groups in total. The van der Waals surface area contributed by atoms with Crippen molar-refractivity contribution < 1.29 is 4.79 Å². The van der Waals surface area contributed by atoms with Gasteiger partial charge < -0.3 is 0 Å². The molecule has 0 amide bonds. The van der Waals surface area contributed by atoms with Crippen LogP contribution in [0.15, 0.2) is 71.1 Å². The molecular formula is C25H19ClN2OS2. The minimum absolute atomic E-state index is 0.0201. The molecule has 0 fully saturated rings. The summed E-state index contributed by atoms with van der Waals surface area (Å²) < 4.78 is 3.24. The Labute approximate surface area is 193 Å². The maximum absolute atomic E-state index is 13.4. The molecule has 3 heterocycles. The van der Waals surface area contributed by atoms with Crippen LogP contribution >= 0.6 is 34.7 Å². The molecule has 0 radical (unpaired) electrons. The maximum atomic E-state index is 13.4. The summed E-state index contributed by atoms with van der Waals surface area (Å²) >= 11 is 9.30. The predicted octanol–water partition coefficient (Wildman–Crippen LogP) is 7.34. The zero-order valence-electron chi connectivity index (χ0n) is 17.1. The summed E-state index contributed by atoms with van der Waals surface area (Å²) in [5.74, 6) is 0.816. The van der Waals surface area contributed by atoms with Crippen LogP contribution < -0.4 is 0 Å². The summed E-state index contributed by atoms with van der Waals surface area (Å²) in [6.45, 7) is 4.15. The first-order valence-corrected chi connectivity index (χ1v) is 12.1. The van der Waals surface area contributed by atoms with Crippen molar-refractivity contribution >= 4 is 57.2 Å². The molecule has 0 unspecified atom stereocenters. The maximum Gasteiger partial charge on any atom is 0.205 e. The fourth-order valence-corrected chi connectivity index (χ4v) is 6.27. The van der Waals surface area contributed by atoms with Crippen LogP contribution in [0.1, 0.15) is 31.9 Å². The Balaban J connectivity index is 1.66. The Morgan fingerprint density at radius 3 is 2.58 bits per heavy atom. The van der Waals surface area contributed by atoms with Crippen molar-refractivity contribution in [3.63, 3.8) is 0 Å². The van der Waals surface area contributed by atoms with E-state index in [4.69, 9.17) is 16.6 Å². The average Bonchev–Trinajstić information content (AvgIpc) is 3.32. The molecule has 0 spiro atoms. The van der Waals surface area contributed by atoms with E-state index in [1.165, 1.54) is 22.5 Å². The van der Waals surface area contributed by atoms with Crippen molar-refractivity contribution in [3.05, 3.63) is 99.0 Å². The third-order valence-corrected chi connectivity index (χ3v) is 7.92. The highest BCUT2D eigenvalue weighted by Gasteiger charge is 2.24. The lowest BCUT2D eigenvalue weighted by Crippen LogP contribution is -1.98. The lowest BCUT2D eigenvalue weighted by atomic mass is 10.1. The van der Waals surface area contributed by atoms with Gasteiger partial charge in [0.05, 0.1) is 9.73 Å². The predicted molar refractivity (Wildman–Crippen MR) is 131 cm³/mol. The SMILES string of the molecule is Cc1cc(C)c2nc3c(C(=O)c4ccccc4)sc(SCc4ccc(Cl)cc4)c3n2c1. The molecule has 31 heavy (non-hydrogen) atoms. The summed E-state index contributed by atoms with van der Waals surface area (Å²) in [7, 11) is 0. The summed E-state index contributed by atoms with van der Waals surface area (Å²) in [6, 6.07) is 19.5. The van der Waals surface area contributed by atoms with E-state index in [2.05, 4.69) is 30.5 Å². The number of pyridine rings is 1. The number of imidazole rings is 1. The van der Waals surface area contributed by atoms with Gasteiger partial charge in [-0.3, -0.25) is 9.20 Å². The first kappa shape index (κ1) is 20.3. The van der Waals surface area contributed by atoms with Gasteiger partial charge in [0, 0.05) is 22.5 Å². The Morgan fingerprint density at radius 1 is 1.10 bits per heavy atom. The number of thioether (sulfide) groups is 1. The number of aromatic nitrogens is 2. The molecule has 3 nitrogen and oxygen atoms in total. The number of hydrogen-bond acceptors (Lipinski definition) is 4. The van der Waals surface area contributed by atoms with Gasteiger partial charge in [0.1, 0.15) is 16.0 Å². The second-order valence-corrected chi connectivity index (χ2v) is 10.2. The quantitative estimate of drug-likeness (QED) is 0.202. The molecular weight excluding hydrogens is 444 g/mol. The normalized spacial score (nSPS) is 11.5. The Kier molecular flexibility index (Phi) is 5.34. The van der Waals surface area contributed by atoms with Crippen molar-refractivity contribution in [2.24, 2.45) is 0 Å². The van der Waals surface area contributed by atoms with E-state index in [1.54, 1.807) is 11.8 Å². The number of rotatable bonds is 5. The fraction of sp³-hybridized carbons (Fsp3) is 0.120. The van der Waals surface area contributed by atoms with Crippen LogP contribution in [0.2, 0.25) is 5.02 Å². The van der Waals surface area contributed by atoms with Crippen molar-refractivity contribution in [2.75, 3.05) is 0 Å². The topological polar surface area (TPSA) is 34.4 Å². The Hall–Kier alpha value is -2.60. The summed E-state index contributed by atoms with van der Waals surface area (Å²) in [6.07, 6.45) is 2.10. The summed E-state index contributed by atoms with van der Waals surface area (Å²) in [4.78, 5) is 19.0. The van der Waals surface area contributed by atoms with Gasteiger partial charge in [-0.15, -0.1) is 23.1 Å². The molecule has 154 valence electrons. The number of carbonyl (C=O) groups is 1. The number of nitrogens with zero attached hydrogens (tertiary/aromatic N) is 2.